The van der Waals surface area contributed by atoms with Crippen LogP contribution in [0.25, 0.3) is 0 Å². The first-order valence-corrected chi connectivity index (χ1v) is 6.06. The highest BCUT2D eigenvalue weighted by molar-refractivity contribution is 5.87. The smallest absolute Gasteiger partial charge is 0.253 e. The molecule has 0 aromatic heterocycles. The second kappa shape index (κ2) is 7.24. The third kappa shape index (κ3) is 4.32. The third-order valence-electron chi connectivity index (χ3n) is 2.60. The quantitative estimate of drug-likeness (QED) is 0.647. The molecule has 1 aliphatic rings. The summed E-state index contributed by atoms with van der Waals surface area (Å²) in [7, 11) is 0. The number of nitrogens with zero attached hydrogens (tertiary/aromatic N) is 1. The maximum absolute atomic E-state index is 12.0. The van der Waals surface area contributed by atoms with Gasteiger partial charge in [-0.1, -0.05) is 0 Å². The number of carbonyl (C=O) groups is 2. The molecule has 6 heteroatoms. The summed E-state index contributed by atoms with van der Waals surface area (Å²) in [5.41, 5.74) is 0. The second-order valence-corrected chi connectivity index (χ2v) is 3.87. The summed E-state index contributed by atoms with van der Waals surface area (Å²) in [6.45, 7) is 6.72. The first kappa shape index (κ1) is 13.9. The van der Waals surface area contributed by atoms with Gasteiger partial charge in [0.1, 0.15) is 6.10 Å². The summed E-state index contributed by atoms with van der Waals surface area (Å²) in [6.07, 6.45) is -0.460. The van der Waals surface area contributed by atoms with Crippen LogP contribution in [-0.4, -0.2) is 62.1 Å². The average Bonchev–Trinajstić information content (AvgIpc) is 2.36. The van der Waals surface area contributed by atoms with Crippen molar-refractivity contribution in [2.75, 3.05) is 39.3 Å². The summed E-state index contributed by atoms with van der Waals surface area (Å²) < 4.78 is 5.38. The van der Waals surface area contributed by atoms with Gasteiger partial charge in [0, 0.05) is 26.2 Å². The SMILES string of the molecule is CCNC(=O)CN(CC)C(=O)C1CNCCO1. The molecular weight excluding hydrogens is 222 g/mol. The molecule has 6 nitrogen and oxygen atoms in total. The lowest BCUT2D eigenvalue weighted by Crippen LogP contribution is -2.51. The molecule has 1 aliphatic heterocycles. The Bertz CT molecular complexity index is 265. The maximum atomic E-state index is 12.0. The van der Waals surface area contributed by atoms with E-state index in [9.17, 15) is 9.59 Å². The minimum absolute atomic E-state index is 0.100. The van der Waals surface area contributed by atoms with Gasteiger partial charge in [0.15, 0.2) is 0 Å². The zero-order valence-electron chi connectivity index (χ0n) is 10.5. The Labute approximate surface area is 102 Å². The molecular formula is C11H21N3O3. The van der Waals surface area contributed by atoms with Gasteiger partial charge in [0.25, 0.3) is 5.91 Å². The molecule has 2 amide bonds. The molecule has 1 heterocycles. The standard InChI is InChI=1S/C11H21N3O3/c1-3-13-10(15)8-14(4-2)11(16)9-7-12-5-6-17-9/h9,12H,3-8H2,1-2H3,(H,13,15). The normalized spacial score (nSPS) is 19.8. The van der Waals surface area contributed by atoms with Crippen LogP contribution in [0.15, 0.2) is 0 Å². The zero-order chi connectivity index (χ0) is 12.7. The number of carbonyl (C=O) groups excluding carboxylic acids is 2. The van der Waals surface area contributed by atoms with Crippen molar-refractivity contribution in [3.8, 4) is 0 Å². The van der Waals surface area contributed by atoms with Crippen LogP contribution in [0.2, 0.25) is 0 Å². The Kier molecular flexibility index (Phi) is 5.93. The van der Waals surface area contributed by atoms with Crippen molar-refractivity contribution in [2.24, 2.45) is 0 Å². The number of nitrogens with one attached hydrogen (secondary N) is 2. The lowest BCUT2D eigenvalue weighted by Gasteiger charge is -2.28. The number of likely N-dealkylation sites (N-methyl/N-ethyl adjacent to an activating group) is 2. The van der Waals surface area contributed by atoms with Crippen LogP contribution in [0.3, 0.4) is 0 Å². The Morgan fingerprint density at radius 3 is 2.76 bits per heavy atom. The molecule has 17 heavy (non-hydrogen) atoms. The number of hydrogen-bond acceptors (Lipinski definition) is 4. The number of ether oxygens (including phenoxy) is 1. The largest absolute Gasteiger partial charge is 0.366 e. The lowest BCUT2D eigenvalue weighted by atomic mass is 10.2. The maximum Gasteiger partial charge on any atom is 0.253 e. The summed E-state index contributed by atoms with van der Waals surface area (Å²) in [4.78, 5) is 25.0. The van der Waals surface area contributed by atoms with E-state index in [1.165, 1.54) is 4.90 Å². The highest BCUT2D eigenvalue weighted by Crippen LogP contribution is 2.02. The number of rotatable bonds is 5. The average molecular weight is 243 g/mol. The molecule has 0 saturated carbocycles. The van der Waals surface area contributed by atoms with E-state index in [1.807, 2.05) is 13.8 Å². The monoisotopic (exact) mass is 243 g/mol. The van der Waals surface area contributed by atoms with Gasteiger partial charge < -0.3 is 20.3 Å². The van der Waals surface area contributed by atoms with Crippen molar-refractivity contribution >= 4 is 11.8 Å². The van der Waals surface area contributed by atoms with Gasteiger partial charge in [-0.3, -0.25) is 9.59 Å². The molecule has 0 spiro atoms. The molecule has 1 fully saturated rings. The molecule has 0 aromatic rings. The molecule has 0 aliphatic carbocycles. The fourth-order valence-electron chi connectivity index (χ4n) is 1.70. The third-order valence-corrected chi connectivity index (χ3v) is 2.60. The van der Waals surface area contributed by atoms with E-state index in [-0.39, 0.29) is 18.4 Å². The Balaban J connectivity index is 2.47. The van der Waals surface area contributed by atoms with E-state index >= 15 is 0 Å². The molecule has 1 saturated heterocycles. The van der Waals surface area contributed by atoms with Crippen molar-refractivity contribution in [2.45, 2.75) is 20.0 Å². The predicted octanol–water partition coefficient (Wildman–Crippen LogP) is -1.04. The van der Waals surface area contributed by atoms with Gasteiger partial charge >= 0.3 is 0 Å². The van der Waals surface area contributed by atoms with Gasteiger partial charge in [-0.15, -0.1) is 0 Å². The molecule has 2 N–H and O–H groups in total. The second-order valence-electron chi connectivity index (χ2n) is 3.87. The van der Waals surface area contributed by atoms with Crippen molar-refractivity contribution in [1.29, 1.82) is 0 Å². The van der Waals surface area contributed by atoms with Crippen molar-refractivity contribution < 1.29 is 14.3 Å². The first-order valence-electron chi connectivity index (χ1n) is 6.06. The number of morpholine rings is 1. The van der Waals surface area contributed by atoms with Crippen LogP contribution in [-0.2, 0) is 14.3 Å². The van der Waals surface area contributed by atoms with E-state index in [0.29, 0.717) is 26.2 Å². The van der Waals surface area contributed by atoms with Crippen LogP contribution in [0, 0.1) is 0 Å². The molecule has 1 unspecified atom stereocenters. The minimum Gasteiger partial charge on any atom is -0.366 e. The van der Waals surface area contributed by atoms with Crippen LogP contribution >= 0.6 is 0 Å². The van der Waals surface area contributed by atoms with E-state index in [2.05, 4.69) is 10.6 Å². The van der Waals surface area contributed by atoms with Crippen LogP contribution in [0.1, 0.15) is 13.8 Å². The van der Waals surface area contributed by atoms with Gasteiger partial charge in [0.05, 0.1) is 13.2 Å². The zero-order valence-corrected chi connectivity index (χ0v) is 10.5. The van der Waals surface area contributed by atoms with Crippen molar-refractivity contribution in [3.05, 3.63) is 0 Å². The van der Waals surface area contributed by atoms with Crippen molar-refractivity contribution in [1.82, 2.24) is 15.5 Å². The predicted molar refractivity (Wildman–Crippen MR) is 63.5 cm³/mol. The number of hydrogen-bond donors (Lipinski definition) is 2. The number of amides is 2. The summed E-state index contributed by atoms with van der Waals surface area (Å²) >= 11 is 0. The minimum atomic E-state index is -0.460. The van der Waals surface area contributed by atoms with Crippen LogP contribution in [0.5, 0.6) is 0 Å². The fraction of sp³-hybridized carbons (Fsp3) is 0.818. The van der Waals surface area contributed by atoms with Gasteiger partial charge in [-0.25, -0.2) is 0 Å². The van der Waals surface area contributed by atoms with Gasteiger partial charge in [-0.05, 0) is 13.8 Å². The Morgan fingerprint density at radius 1 is 1.47 bits per heavy atom. The lowest BCUT2D eigenvalue weighted by molar-refractivity contribution is -0.147. The first-order chi connectivity index (χ1) is 8.19. The molecule has 0 radical (unpaired) electrons. The van der Waals surface area contributed by atoms with Gasteiger partial charge in [-0.2, -0.15) is 0 Å². The summed E-state index contributed by atoms with van der Waals surface area (Å²) in [5, 5.41) is 5.78. The van der Waals surface area contributed by atoms with Crippen LogP contribution in [0.4, 0.5) is 0 Å². The van der Waals surface area contributed by atoms with E-state index in [1.54, 1.807) is 0 Å². The van der Waals surface area contributed by atoms with E-state index < -0.39 is 6.10 Å². The molecule has 0 bridgehead atoms. The van der Waals surface area contributed by atoms with E-state index in [4.69, 9.17) is 4.74 Å². The fourth-order valence-corrected chi connectivity index (χ4v) is 1.70. The Morgan fingerprint density at radius 2 is 2.24 bits per heavy atom. The molecule has 98 valence electrons. The summed E-state index contributed by atoms with van der Waals surface area (Å²) in [5.74, 6) is -0.252. The molecule has 1 rings (SSSR count). The summed E-state index contributed by atoms with van der Waals surface area (Å²) in [6, 6.07) is 0. The highest BCUT2D eigenvalue weighted by atomic mass is 16.5. The van der Waals surface area contributed by atoms with Crippen LogP contribution < -0.4 is 10.6 Å². The van der Waals surface area contributed by atoms with Gasteiger partial charge in [0.2, 0.25) is 5.91 Å². The topological polar surface area (TPSA) is 70.7 Å². The molecule has 1 atom stereocenters. The van der Waals surface area contributed by atoms with Crippen molar-refractivity contribution in [3.63, 3.8) is 0 Å². The van der Waals surface area contributed by atoms with E-state index in [0.717, 1.165) is 6.54 Å². The highest BCUT2D eigenvalue weighted by Gasteiger charge is 2.26. The molecule has 0 aromatic carbocycles. The Hall–Kier alpha value is -1.14.